The van der Waals surface area contributed by atoms with Crippen LogP contribution < -0.4 is 16.2 Å². The van der Waals surface area contributed by atoms with E-state index < -0.39 is 0 Å². The van der Waals surface area contributed by atoms with Gasteiger partial charge in [0.15, 0.2) is 10.9 Å². The lowest BCUT2D eigenvalue weighted by atomic mass is 9.78. The number of carbonyl (C=O) groups is 2. The summed E-state index contributed by atoms with van der Waals surface area (Å²) in [6.45, 7) is 5.94. The second kappa shape index (κ2) is 7.59. The maximum Gasteiger partial charge on any atom is 0.286 e. The van der Waals surface area contributed by atoms with Crippen molar-refractivity contribution in [3.05, 3.63) is 23.5 Å². The Morgan fingerprint density at radius 1 is 1.26 bits per heavy atom. The topological polar surface area (TPSA) is 86.0 Å². The van der Waals surface area contributed by atoms with Gasteiger partial charge < -0.3 is 10.3 Å². The normalized spacial score (nSPS) is 23.9. The quantitative estimate of drug-likeness (QED) is 0.386. The first-order valence-corrected chi connectivity index (χ1v) is 8.35. The monoisotopic (exact) mass is 336 g/mol. The van der Waals surface area contributed by atoms with E-state index in [1.165, 1.54) is 32.0 Å². The van der Waals surface area contributed by atoms with Crippen molar-refractivity contribution in [2.75, 3.05) is 0 Å². The first kappa shape index (κ1) is 17.5. The average molecular weight is 336 g/mol. The Balaban J connectivity index is 1.81. The number of thiocarbonyl (C=S) groups is 1. The largest absolute Gasteiger partial charge is 0.358 e. The number of hydrogen-bond acceptors (Lipinski definition) is 3. The molecule has 0 saturated heterocycles. The van der Waals surface area contributed by atoms with Crippen LogP contribution in [0.1, 0.15) is 60.9 Å². The molecular weight excluding hydrogens is 312 g/mol. The van der Waals surface area contributed by atoms with Gasteiger partial charge >= 0.3 is 0 Å². The van der Waals surface area contributed by atoms with Gasteiger partial charge in [0.05, 0.1) is 0 Å². The smallest absolute Gasteiger partial charge is 0.286 e. The lowest BCUT2D eigenvalue weighted by Crippen LogP contribution is -2.52. The van der Waals surface area contributed by atoms with Crippen LogP contribution in [0.15, 0.2) is 12.3 Å². The third-order valence-corrected chi connectivity index (χ3v) is 4.87. The summed E-state index contributed by atoms with van der Waals surface area (Å²) in [7, 11) is 0. The van der Waals surface area contributed by atoms with Gasteiger partial charge in [0.2, 0.25) is 0 Å². The SMILES string of the molecule is CC(=O)c1c[nH]c(C(=O)NNC(=S)N[C@@H]2CCC[C@H](C)[C@H]2C)c1. The van der Waals surface area contributed by atoms with Crippen LogP contribution in [0.3, 0.4) is 0 Å². The fourth-order valence-corrected chi connectivity index (χ4v) is 3.10. The molecule has 4 N–H and O–H groups in total. The number of H-pyrrole nitrogens is 1. The number of Topliss-reactive ketones (excluding diaryl/α,β-unsaturated/α-hetero) is 1. The van der Waals surface area contributed by atoms with E-state index in [0.29, 0.717) is 34.2 Å². The van der Waals surface area contributed by atoms with E-state index >= 15 is 0 Å². The Morgan fingerprint density at radius 3 is 2.65 bits per heavy atom. The minimum Gasteiger partial charge on any atom is -0.358 e. The van der Waals surface area contributed by atoms with Crippen LogP contribution in [-0.4, -0.2) is 27.8 Å². The highest BCUT2D eigenvalue weighted by atomic mass is 32.1. The minimum atomic E-state index is -0.369. The number of amides is 1. The fraction of sp³-hybridized carbons (Fsp3) is 0.562. The highest BCUT2D eigenvalue weighted by Gasteiger charge is 2.27. The summed E-state index contributed by atoms with van der Waals surface area (Å²) in [5.74, 6) is 0.751. The molecule has 1 amide bonds. The molecule has 126 valence electrons. The summed E-state index contributed by atoms with van der Waals surface area (Å²) < 4.78 is 0. The summed E-state index contributed by atoms with van der Waals surface area (Å²) in [6.07, 6.45) is 5.04. The number of hydrazine groups is 1. The molecular formula is C16H24N4O2S. The van der Waals surface area contributed by atoms with Gasteiger partial charge in [-0.05, 0) is 43.5 Å². The molecule has 0 radical (unpaired) electrons. The van der Waals surface area contributed by atoms with Crippen molar-refractivity contribution in [3.8, 4) is 0 Å². The molecule has 1 heterocycles. The molecule has 6 nitrogen and oxygen atoms in total. The van der Waals surface area contributed by atoms with Gasteiger partial charge in [-0.2, -0.15) is 0 Å². The third kappa shape index (κ3) is 4.54. The summed E-state index contributed by atoms with van der Waals surface area (Å²) >= 11 is 5.24. The molecule has 1 fully saturated rings. The van der Waals surface area contributed by atoms with Crippen LogP contribution in [0.25, 0.3) is 0 Å². The predicted octanol–water partition coefficient (Wildman–Crippen LogP) is 2.15. The molecule has 1 saturated carbocycles. The minimum absolute atomic E-state index is 0.0918. The molecule has 1 aromatic rings. The second-order valence-electron chi connectivity index (χ2n) is 6.28. The fourth-order valence-electron chi connectivity index (χ4n) is 2.90. The molecule has 0 spiro atoms. The van der Waals surface area contributed by atoms with Gasteiger partial charge in [0, 0.05) is 17.8 Å². The number of aromatic amines is 1. The van der Waals surface area contributed by atoms with Crippen LogP contribution in [0.5, 0.6) is 0 Å². The van der Waals surface area contributed by atoms with E-state index in [4.69, 9.17) is 12.2 Å². The summed E-state index contributed by atoms with van der Waals surface area (Å²) in [5, 5.41) is 3.68. The number of rotatable bonds is 3. The van der Waals surface area contributed by atoms with Crippen molar-refractivity contribution < 1.29 is 9.59 Å². The Kier molecular flexibility index (Phi) is 5.76. The van der Waals surface area contributed by atoms with Gasteiger partial charge in [-0.1, -0.05) is 26.7 Å². The van der Waals surface area contributed by atoms with Gasteiger partial charge in [-0.25, -0.2) is 0 Å². The third-order valence-electron chi connectivity index (χ3n) is 4.65. The zero-order valence-electron chi connectivity index (χ0n) is 13.7. The van der Waals surface area contributed by atoms with Gasteiger partial charge in [-0.15, -0.1) is 0 Å². The molecule has 1 aliphatic carbocycles. The van der Waals surface area contributed by atoms with Crippen LogP contribution >= 0.6 is 12.2 Å². The molecule has 0 unspecified atom stereocenters. The first-order chi connectivity index (χ1) is 10.9. The Morgan fingerprint density at radius 2 is 2.00 bits per heavy atom. The van der Waals surface area contributed by atoms with E-state index in [-0.39, 0.29) is 11.7 Å². The average Bonchev–Trinajstić information content (AvgIpc) is 3.00. The van der Waals surface area contributed by atoms with E-state index in [1.807, 2.05) is 0 Å². The summed E-state index contributed by atoms with van der Waals surface area (Å²) in [6, 6.07) is 1.84. The van der Waals surface area contributed by atoms with E-state index in [1.54, 1.807) is 0 Å². The van der Waals surface area contributed by atoms with E-state index in [2.05, 4.69) is 35.0 Å². The van der Waals surface area contributed by atoms with Gasteiger partial charge in [0.1, 0.15) is 5.69 Å². The van der Waals surface area contributed by atoms with Crippen molar-refractivity contribution in [2.45, 2.75) is 46.1 Å². The zero-order valence-corrected chi connectivity index (χ0v) is 14.5. The van der Waals surface area contributed by atoms with Crippen molar-refractivity contribution in [3.63, 3.8) is 0 Å². The zero-order chi connectivity index (χ0) is 17.0. The van der Waals surface area contributed by atoms with Gasteiger partial charge in [0.25, 0.3) is 5.91 Å². The molecule has 2 rings (SSSR count). The Hall–Kier alpha value is -1.89. The highest BCUT2D eigenvalue weighted by Crippen LogP contribution is 2.29. The first-order valence-electron chi connectivity index (χ1n) is 7.94. The summed E-state index contributed by atoms with van der Waals surface area (Å²) in [5.41, 5.74) is 6.03. The standard InChI is InChI=1S/C16H24N4O2S/c1-9-5-4-6-13(10(9)2)18-16(23)20-19-15(22)14-7-12(8-17-14)11(3)21/h7-10,13,17H,4-6H2,1-3H3,(H,19,22)(H2,18,20,23)/t9-,10+,13+/m0/s1. The van der Waals surface area contributed by atoms with Crippen molar-refractivity contribution in [1.82, 2.24) is 21.2 Å². The van der Waals surface area contributed by atoms with E-state index in [9.17, 15) is 9.59 Å². The number of carbonyl (C=O) groups excluding carboxylic acids is 2. The molecule has 3 atom stereocenters. The molecule has 1 aliphatic rings. The molecule has 23 heavy (non-hydrogen) atoms. The molecule has 0 aromatic carbocycles. The lowest BCUT2D eigenvalue weighted by molar-refractivity contribution is 0.0938. The highest BCUT2D eigenvalue weighted by molar-refractivity contribution is 7.80. The molecule has 7 heteroatoms. The van der Waals surface area contributed by atoms with Gasteiger partial charge in [-0.3, -0.25) is 20.4 Å². The van der Waals surface area contributed by atoms with Crippen LogP contribution in [0.2, 0.25) is 0 Å². The number of hydrogen-bond donors (Lipinski definition) is 4. The Labute approximate surface area is 141 Å². The molecule has 0 bridgehead atoms. The number of nitrogens with one attached hydrogen (secondary N) is 4. The van der Waals surface area contributed by atoms with Crippen molar-refractivity contribution in [2.24, 2.45) is 11.8 Å². The lowest BCUT2D eigenvalue weighted by Gasteiger charge is -2.35. The van der Waals surface area contributed by atoms with Crippen molar-refractivity contribution >= 4 is 29.0 Å². The Bertz CT molecular complexity index is 599. The number of aromatic nitrogens is 1. The van der Waals surface area contributed by atoms with Crippen LogP contribution in [0, 0.1) is 11.8 Å². The maximum atomic E-state index is 12.0. The summed E-state index contributed by atoms with van der Waals surface area (Å²) in [4.78, 5) is 26.0. The number of ketones is 1. The van der Waals surface area contributed by atoms with Crippen LogP contribution in [-0.2, 0) is 0 Å². The molecule has 1 aromatic heterocycles. The van der Waals surface area contributed by atoms with E-state index in [0.717, 1.165) is 6.42 Å². The maximum absolute atomic E-state index is 12.0. The second-order valence-corrected chi connectivity index (χ2v) is 6.69. The van der Waals surface area contributed by atoms with Crippen LogP contribution in [0.4, 0.5) is 0 Å². The van der Waals surface area contributed by atoms with Crippen molar-refractivity contribution in [1.29, 1.82) is 0 Å². The molecule has 0 aliphatic heterocycles. The predicted molar refractivity (Wildman–Crippen MR) is 93.1 cm³/mol.